The van der Waals surface area contributed by atoms with Crippen molar-refractivity contribution in [1.29, 1.82) is 5.26 Å². The maximum Gasteiger partial charge on any atom is 0.243 e. The molecule has 0 saturated heterocycles. The van der Waals surface area contributed by atoms with Gasteiger partial charge in [-0.25, -0.2) is 0 Å². The minimum Gasteiger partial charge on any atom is -0.347 e. The number of hydrogen-bond acceptors (Lipinski definition) is 6. The molecule has 2 aromatic rings. The average molecular weight is 299 g/mol. The molecule has 114 valence electrons. The normalized spacial score (nSPS) is 10.1. The van der Waals surface area contributed by atoms with Crippen LogP contribution in [-0.2, 0) is 11.3 Å². The second-order valence-electron chi connectivity index (χ2n) is 5.09. The van der Waals surface area contributed by atoms with Crippen LogP contribution in [-0.4, -0.2) is 44.9 Å². The second kappa shape index (κ2) is 6.22. The van der Waals surface area contributed by atoms with Crippen LogP contribution in [0.15, 0.2) is 12.4 Å². The summed E-state index contributed by atoms with van der Waals surface area (Å²) < 4.78 is 1.52. The quantitative estimate of drug-likeness (QED) is 0.903. The van der Waals surface area contributed by atoms with Gasteiger partial charge in [-0.3, -0.25) is 9.48 Å². The Morgan fingerprint density at radius 2 is 2.14 bits per heavy atom. The van der Waals surface area contributed by atoms with Crippen LogP contribution in [0.3, 0.4) is 0 Å². The first kappa shape index (κ1) is 15.4. The molecule has 0 unspecified atom stereocenters. The van der Waals surface area contributed by atoms with Crippen LogP contribution >= 0.6 is 0 Å². The Hall–Kier alpha value is -2.95. The summed E-state index contributed by atoms with van der Waals surface area (Å²) in [5, 5.41) is 24.4. The highest BCUT2D eigenvalue weighted by Gasteiger charge is 2.12. The van der Waals surface area contributed by atoms with E-state index in [4.69, 9.17) is 0 Å². The van der Waals surface area contributed by atoms with E-state index in [1.807, 2.05) is 6.92 Å². The zero-order valence-corrected chi connectivity index (χ0v) is 13.0. The first-order valence-corrected chi connectivity index (χ1v) is 6.66. The van der Waals surface area contributed by atoms with Gasteiger partial charge in [-0.2, -0.15) is 15.5 Å². The Labute approximate surface area is 128 Å². The van der Waals surface area contributed by atoms with Crippen LogP contribution < -0.4 is 5.32 Å². The molecule has 0 bridgehead atoms. The Morgan fingerprint density at radius 3 is 2.77 bits per heavy atom. The largest absolute Gasteiger partial charge is 0.347 e. The summed E-state index contributed by atoms with van der Waals surface area (Å²) >= 11 is 0. The van der Waals surface area contributed by atoms with Gasteiger partial charge in [0.25, 0.3) is 0 Å². The number of nitriles is 1. The van der Waals surface area contributed by atoms with Crippen LogP contribution in [0.25, 0.3) is 0 Å². The van der Waals surface area contributed by atoms with Gasteiger partial charge in [-0.15, -0.1) is 5.10 Å². The standard InChI is InChI=1S/C14H17N7O/c1-9-10(2)18-19-14(12(9)5-15)17-11-6-16-21(7-11)8-13(22)20(3)4/h6-7H,8H2,1-4H3,(H,17,19). The number of aryl methyl sites for hydroxylation is 1. The smallest absolute Gasteiger partial charge is 0.243 e. The highest BCUT2D eigenvalue weighted by atomic mass is 16.2. The fraction of sp³-hybridized carbons (Fsp3) is 0.357. The minimum absolute atomic E-state index is 0.0571. The molecule has 1 amide bonds. The third kappa shape index (κ3) is 3.20. The van der Waals surface area contributed by atoms with Crippen LogP contribution in [0.1, 0.15) is 16.8 Å². The molecule has 0 aliphatic heterocycles. The number of carbonyl (C=O) groups excluding carboxylic acids is 1. The van der Waals surface area contributed by atoms with Crippen molar-refractivity contribution in [1.82, 2.24) is 24.9 Å². The number of nitrogens with zero attached hydrogens (tertiary/aromatic N) is 6. The van der Waals surface area contributed by atoms with Crippen molar-refractivity contribution in [3.8, 4) is 6.07 Å². The molecule has 2 rings (SSSR count). The van der Waals surface area contributed by atoms with Crippen LogP contribution in [0.2, 0.25) is 0 Å². The zero-order valence-electron chi connectivity index (χ0n) is 13.0. The molecule has 0 atom stereocenters. The molecular formula is C14H17N7O. The topological polar surface area (TPSA) is 99.7 Å². The maximum absolute atomic E-state index is 11.6. The van der Waals surface area contributed by atoms with Crippen LogP contribution in [0.4, 0.5) is 11.5 Å². The lowest BCUT2D eigenvalue weighted by atomic mass is 10.1. The van der Waals surface area contributed by atoms with Gasteiger partial charge in [0.15, 0.2) is 5.82 Å². The fourth-order valence-corrected chi connectivity index (χ4v) is 1.76. The highest BCUT2D eigenvalue weighted by Crippen LogP contribution is 2.21. The number of rotatable bonds is 4. The molecule has 0 saturated carbocycles. The molecule has 0 aliphatic carbocycles. The molecule has 2 aromatic heterocycles. The molecule has 8 nitrogen and oxygen atoms in total. The average Bonchev–Trinajstić information content (AvgIpc) is 2.90. The van der Waals surface area contributed by atoms with E-state index in [2.05, 4.69) is 26.7 Å². The van der Waals surface area contributed by atoms with E-state index < -0.39 is 0 Å². The highest BCUT2D eigenvalue weighted by molar-refractivity contribution is 5.75. The van der Waals surface area contributed by atoms with Crippen molar-refractivity contribution >= 4 is 17.4 Å². The third-order valence-corrected chi connectivity index (χ3v) is 3.26. The molecule has 8 heteroatoms. The van der Waals surface area contributed by atoms with Gasteiger partial charge in [0.05, 0.1) is 17.6 Å². The SMILES string of the molecule is Cc1nnc(Nc2cnn(CC(=O)N(C)C)c2)c(C#N)c1C. The molecule has 22 heavy (non-hydrogen) atoms. The predicted octanol–water partition coefficient (Wildman–Crippen LogP) is 0.993. The summed E-state index contributed by atoms with van der Waals surface area (Å²) in [5.41, 5.74) is 2.59. The third-order valence-electron chi connectivity index (χ3n) is 3.26. The molecule has 0 aromatic carbocycles. The number of hydrogen-bond donors (Lipinski definition) is 1. The predicted molar refractivity (Wildman–Crippen MR) is 80.4 cm³/mol. The van der Waals surface area contributed by atoms with Gasteiger partial charge in [-0.1, -0.05) is 0 Å². The van der Waals surface area contributed by atoms with Crippen molar-refractivity contribution < 1.29 is 4.79 Å². The Kier molecular flexibility index (Phi) is 4.36. The van der Waals surface area contributed by atoms with E-state index in [0.29, 0.717) is 17.1 Å². The Morgan fingerprint density at radius 1 is 1.41 bits per heavy atom. The molecule has 2 heterocycles. The number of likely N-dealkylation sites (N-methyl/N-ethyl adjacent to an activating group) is 1. The lowest BCUT2D eigenvalue weighted by Gasteiger charge is -2.09. The van der Waals surface area contributed by atoms with E-state index in [0.717, 1.165) is 11.3 Å². The molecular weight excluding hydrogens is 282 g/mol. The number of nitrogens with one attached hydrogen (secondary N) is 1. The first-order valence-electron chi connectivity index (χ1n) is 6.66. The van der Waals surface area contributed by atoms with Gasteiger partial charge >= 0.3 is 0 Å². The number of amides is 1. The summed E-state index contributed by atoms with van der Waals surface area (Å²) in [5.74, 6) is 0.322. The van der Waals surface area contributed by atoms with Gasteiger partial charge in [0.2, 0.25) is 5.91 Å². The van der Waals surface area contributed by atoms with Crippen molar-refractivity contribution in [2.75, 3.05) is 19.4 Å². The van der Waals surface area contributed by atoms with Crippen LogP contribution in [0.5, 0.6) is 0 Å². The van der Waals surface area contributed by atoms with E-state index in [-0.39, 0.29) is 12.5 Å². The van der Waals surface area contributed by atoms with Crippen LogP contribution in [0, 0.1) is 25.2 Å². The van der Waals surface area contributed by atoms with E-state index in [1.54, 1.807) is 33.4 Å². The van der Waals surface area contributed by atoms with Crippen molar-refractivity contribution in [3.63, 3.8) is 0 Å². The number of anilines is 2. The summed E-state index contributed by atoms with van der Waals surface area (Å²) in [6.07, 6.45) is 3.25. The lowest BCUT2D eigenvalue weighted by Crippen LogP contribution is -2.26. The van der Waals surface area contributed by atoms with Crippen molar-refractivity contribution in [2.24, 2.45) is 0 Å². The van der Waals surface area contributed by atoms with Gasteiger partial charge < -0.3 is 10.2 Å². The van der Waals surface area contributed by atoms with E-state index in [1.165, 1.54) is 9.58 Å². The number of carbonyl (C=O) groups is 1. The Balaban J connectivity index is 2.19. The lowest BCUT2D eigenvalue weighted by molar-refractivity contribution is -0.129. The van der Waals surface area contributed by atoms with E-state index in [9.17, 15) is 10.1 Å². The second-order valence-corrected chi connectivity index (χ2v) is 5.09. The van der Waals surface area contributed by atoms with Gasteiger partial charge in [-0.05, 0) is 19.4 Å². The molecule has 0 aliphatic rings. The van der Waals surface area contributed by atoms with Gasteiger partial charge in [0, 0.05) is 20.3 Å². The molecule has 0 radical (unpaired) electrons. The summed E-state index contributed by atoms with van der Waals surface area (Å²) in [7, 11) is 3.38. The zero-order chi connectivity index (χ0) is 16.3. The molecule has 1 N–H and O–H groups in total. The van der Waals surface area contributed by atoms with E-state index >= 15 is 0 Å². The summed E-state index contributed by atoms with van der Waals surface area (Å²) in [4.78, 5) is 13.1. The number of aromatic nitrogens is 4. The molecule has 0 spiro atoms. The molecule has 0 fully saturated rings. The Bertz CT molecular complexity index is 742. The first-order chi connectivity index (χ1) is 10.4. The summed E-state index contributed by atoms with van der Waals surface area (Å²) in [6.45, 7) is 3.78. The van der Waals surface area contributed by atoms with Crippen molar-refractivity contribution in [2.45, 2.75) is 20.4 Å². The van der Waals surface area contributed by atoms with Crippen molar-refractivity contribution in [3.05, 3.63) is 29.2 Å². The minimum atomic E-state index is -0.0571. The fourth-order valence-electron chi connectivity index (χ4n) is 1.76. The maximum atomic E-state index is 11.6. The summed E-state index contributed by atoms with van der Waals surface area (Å²) in [6, 6.07) is 2.13. The monoisotopic (exact) mass is 299 g/mol. The van der Waals surface area contributed by atoms with Gasteiger partial charge in [0.1, 0.15) is 18.2 Å².